The van der Waals surface area contributed by atoms with Crippen molar-refractivity contribution in [1.29, 1.82) is 0 Å². The SMILES string of the molecule is CC1(c2cc(NC(=O)Nc3ccc(Cc4ccnc(N)c4)cc3F)n(-c3ccc(F)cc3)n2)CC1. The van der Waals surface area contributed by atoms with Crippen LogP contribution in [0.4, 0.5) is 30.9 Å². The Morgan fingerprint density at radius 1 is 1.03 bits per heavy atom. The topological polar surface area (TPSA) is 97.9 Å². The number of hydrogen-bond donors (Lipinski definition) is 3. The highest BCUT2D eigenvalue weighted by molar-refractivity contribution is 5.99. The number of benzene rings is 2. The van der Waals surface area contributed by atoms with Crippen molar-refractivity contribution >= 4 is 23.4 Å². The van der Waals surface area contributed by atoms with E-state index in [2.05, 4.69) is 27.6 Å². The maximum atomic E-state index is 14.7. The van der Waals surface area contributed by atoms with E-state index in [4.69, 9.17) is 5.73 Å². The standard InChI is InChI=1S/C26H24F2N6O/c1-26(9-10-26)22-15-24(34(33-22)19-5-3-18(27)4-6-19)32-25(35)31-21-7-2-16(13-20(21)28)12-17-8-11-30-23(29)14-17/h2-8,11,13-15H,9-10,12H2,1H3,(H2,29,30)(H2,31,32,35). The molecule has 1 fully saturated rings. The van der Waals surface area contributed by atoms with Gasteiger partial charge in [0.15, 0.2) is 0 Å². The highest BCUT2D eigenvalue weighted by Gasteiger charge is 2.42. The number of aromatic nitrogens is 3. The summed E-state index contributed by atoms with van der Waals surface area (Å²) < 4.78 is 29.7. The third kappa shape index (κ3) is 4.98. The molecule has 2 amide bonds. The number of nitrogens with one attached hydrogen (secondary N) is 2. The fourth-order valence-electron chi connectivity index (χ4n) is 3.87. The van der Waals surface area contributed by atoms with Gasteiger partial charge in [-0.3, -0.25) is 5.32 Å². The molecule has 0 aliphatic heterocycles. The molecule has 0 atom stereocenters. The summed E-state index contributed by atoms with van der Waals surface area (Å²) >= 11 is 0. The van der Waals surface area contributed by atoms with Crippen molar-refractivity contribution in [2.75, 3.05) is 16.4 Å². The Balaban J connectivity index is 1.33. The van der Waals surface area contributed by atoms with Crippen LogP contribution in [0.15, 0.2) is 66.9 Å². The number of halogens is 2. The first-order valence-corrected chi connectivity index (χ1v) is 11.2. The van der Waals surface area contributed by atoms with Crippen molar-refractivity contribution in [1.82, 2.24) is 14.8 Å². The van der Waals surface area contributed by atoms with Crippen molar-refractivity contribution in [2.45, 2.75) is 31.6 Å². The summed E-state index contributed by atoms with van der Waals surface area (Å²) in [5.41, 5.74) is 8.79. The molecule has 35 heavy (non-hydrogen) atoms. The monoisotopic (exact) mass is 474 g/mol. The molecule has 0 saturated heterocycles. The lowest BCUT2D eigenvalue weighted by Gasteiger charge is -2.11. The summed E-state index contributed by atoms with van der Waals surface area (Å²) in [7, 11) is 0. The Labute approximate surface area is 201 Å². The first kappa shape index (κ1) is 22.5. The van der Waals surface area contributed by atoms with E-state index >= 15 is 0 Å². The van der Waals surface area contributed by atoms with E-state index in [9.17, 15) is 13.6 Å². The zero-order valence-electron chi connectivity index (χ0n) is 19.1. The summed E-state index contributed by atoms with van der Waals surface area (Å²) in [6.07, 6.45) is 4.09. The van der Waals surface area contributed by atoms with E-state index in [1.165, 1.54) is 24.3 Å². The molecule has 5 rings (SSSR count). The third-order valence-corrected chi connectivity index (χ3v) is 6.18. The van der Waals surface area contributed by atoms with Gasteiger partial charge in [0.25, 0.3) is 0 Å². The molecule has 9 heteroatoms. The van der Waals surface area contributed by atoms with Gasteiger partial charge in [-0.15, -0.1) is 0 Å². The van der Waals surface area contributed by atoms with Crippen LogP contribution in [0.5, 0.6) is 0 Å². The normalized spacial score (nSPS) is 13.9. The van der Waals surface area contributed by atoms with E-state index in [0.29, 0.717) is 23.7 Å². The third-order valence-electron chi connectivity index (χ3n) is 6.18. The molecule has 2 aromatic carbocycles. The number of hydrogen-bond acceptors (Lipinski definition) is 4. The predicted octanol–water partition coefficient (Wildman–Crippen LogP) is 5.41. The zero-order chi connectivity index (χ0) is 24.6. The van der Waals surface area contributed by atoms with Gasteiger partial charge >= 0.3 is 6.03 Å². The minimum atomic E-state index is -0.616. The molecule has 0 unspecified atom stereocenters. The van der Waals surface area contributed by atoms with Gasteiger partial charge in [0.1, 0.15) is 23.3 Å². The van der Waals surface area contributed by atoms with Crippen LogP contribution in [0.1, 0.15) is 36.6 Å². The summed E-state index contributed by atoms with van der Waals surface area (Å²) in [4.78, 5) is 16.7. The molecule has 1 aliphatic rings. The molecule has 7 nitrogen and oxygen atoms in total. The second-order valence-corrected chi connectivity index (χ2v) is 9.02. The number of anilines is 3. The summed E-state index contributed by atoms with van der Waals surface area (Å²) in [5.74, 6) is -0.118. The molecular formula is C26H24F2N6O. The van der Waals surface area contributed by atoms with Crippen LogP contribution < -0.4 is 16.4 Å². The van der Waals surface area contributed by atoms with Crippen molar-refractivity contribution in [3.05, 3.63) is 95.3 Å². The van der Waals surface area contributed by atoms with Crippen LogP contribution in [0.3, 0.4) is 0 Å². The second kappa shape index (κ2) is 8.83. The predicted molar refractivity (Wildman–Crippen MR) is 131 cm³/mol. The molecule has 4 aromatic rings. The van der Waals surface area contributed by atoms with Crippen LogP contribution in [-0.4, -0.2) is 20.8 Å². The minimum Gasteiger partial charge on any atom is -0.384 e. The minimum absolute atomic E-state index is 0.0421. The lowest BCUT2D eigenvalue weighted by atomic mass is 10.1. The molecular weight excluding hydrogens is 450 g/mol. The number of rotatable bonds is 6. The maximum absolute atomic E-state index is 14.7. The highest BCUT2D eigenvalue weighted by atomic mass is 19.1. The zero-order valence-corrected chi connectivity index (χ0v) is 19.1. The van der Waals surface area contributed by atoms with E-state index in [0.717, 1.165) is 29.7 Å². The lowest BCUT2D eigenvalue weighted by molar-refractivity contribution is 0.262. The van der Waals surface area contributed by atoms with Gasteiger partial charge in [-0.1, -0.05) is 13.0 Å². The van der Waals surface area contributed by atoms with Gasteiger partial charge in [-0.2, -0.15) is 5.10 Å². The molecule has 2 aromatic heterocycles. The van der Waals surface area contributed by atoms with Crippen LogP contribution in [-0.2, 0) is 11.8 Å². The van der Waals surface area contributed by atoms with Gasteiger partial charge in [0.2, 0.25) is 0 Å². The molecule has 1 aliphatic carbocycles. The first-order chi connectivity index (χ1) is 16.8. The van der Waals surface area contributed by atoms with Crippen LogP contribution in [0, 0.1) is 11.6 Å². The average molecular weight is 475 g/mol. The number of nitrogens with two attached hydrogens (primary N) is 1. The molecule has 1 saturated carbocycles. The Kier molecular flexibility index (Phi) is 5.68. The summed E-state index contributed by atoms with van der Waals surface area (Å²) in [5, 5.41) is 9.95. The fourth-order valence-corrected chi connectivity index (χ4v) is 3.87. The Hall–Kier alpha value is -4.27. The Morgan fingerprint density at radius 2 is 1.77 bits per heavy atom. The number of pyridine rings is 1. The summed E-state index contributed by atoms with van der Waals surface area (Å²) in [6, 6.07) is 15.2. The van der Waals surface area contributed by atoms with Crippen LogP contribution in [0.2, 0.25) is 0 Å². The van der Waals surface area contributed by atoms with E-state index in [1.54, 1.807) is 41.2 Å². The van der Waals surface area contributed by atoms with Crippen LogP contribution >= 0.6 is 0 Å². The number of urea groups is 1. The summed E-state index contributed by atoms with van der Waals surface area (Å²) in [6.45, 7) is 2.10. The van der Waals surface area contributed by atoms with Crippen molar-refractivity contribution < 1.29 is 13.6 Å². The lowest BCUT2D eigenvalue weighted by Crippen LogP contribution is -2.22. The Morgan fingerprint density at radius 3 is 2.46 bits per heavy atom. The number of amides is 2. The van der Waals surface area contributed by atoms with Crippen molar-refractivity contribution in [3.8, 4) is 5.69 Å². The molecule has 0 spiro atoms. The highest BCUT2D eigenvalue weighted by Crippen LogP contribution is 2.47. The largest absolute Gasteiger partial charge is 0.384 e. The van der Waals surface area contributed by atoms with Crippen LogP contribution in [0.25, 0.3) is 5.69 Å². The van der Waals surface area contributed by atoms with E-state index in [-0.39, 0.29) is 16.9 Å². The Bertz CT molecular complexity index is 1400. The smallest absolute Gasteiger partial charge is 0.324 e. The quantitative estimate of drug-likeness (QED) is 0.348. The maximum Gasteiger partial charge on any atom is 0.324 e. The number of carbonyl (C=O) groups is 1. The molecule has 0 bridgehead atoms. The first-order valence-electron chi connectivity index (χ1n) is 11.2. The van der Waals surface area contributed by atoms with Crippen molar-refractivity contribution in [3.63, 3.8) is 0 Å². The molecule has 0 radical (unpaired) electrons. The van der Waals surface area contributed by atoms with Gasteiger partial charge in [0.05, 0.1) is 17.1 Å². The number of carbonyl (C=O) groups excluding carboxylic acids is 1. The van der Waals surface area contributed by atoms with E-state index < -0.39 is 11.8 Å². The fraction of sp³-hybridized carbons (Fsp3) is 0.192. The van der Waals surface area contributed by atoms with Crippen molar-refractivity contribution in [2.24, 2.45) is 0 Å². The second-order valence-electron chi connectivity index (χ2n) is 9.02. The van der Waals surface area contributed by atoms with E-state index in [1.807, 2.05) is 6.07 Å². The average Bonchev–Trinajstić information content (AvgIpc) is 3.43. The van der Waals surface area contributed by atoms with Gasteiger partial charge in [-0.05, 0) is 78.9 Å². The molecule has 178 valence electrons. The molecule has 4 N–H and O–H groups in total. The van der Waals surface area contributed by atoms with Gasteiger partial charge in [0, 0.05) is 17.7 Å². The number of nitrogens with zero attached hydrogens (tertiary/aromatic N) is 3. The van der Waals surface area contributed by atoms with Gasteiger partial charge in [-0.25, -0.2) is 23.2 Å². The molecule has 2 heterocycles. The number of nitrogen functional groups attached to an aromatic ring is 1. The van der Waals surface area contributed by atoms with Gasteiger partial charge < -0.3 is 11.1 Å².